The van der Waals surface area contributed by atoms with Gasteiger partial charge >= 0.3 is 0 Å². The minimum atomic E-state index is -0.350. The molecule has 0 aliphatic carbocycles. The summed E-state index contributed by atoms with van der Waals surface area (Å²) in [6, 6.07) is 9.38. The van der Waals surface area contributed by atoms with Crippen LogP contribution < -0.4 is 10.6 Å². The van der Waals surface area contributed by atoms with Crippen LogP contribution in [0.15, 0.2) is 48.7 Å². The zero-order chi connectivity index (χ0) is 21.5. The van der Waals surface area contributed by atoms with Crippen molar-refractivity contribution in [1.29, 1.82) is 0 Å². The molecule has 3 amide bonds. The number of H-pyrrole nitrogens is 1. The number of nitrogens with zero attached hydrogens (tertiary/aromatic N) is 1. The molecule has 3 N–H and O–H groups in total. The van der Waals surface area contributed by atoms with E-state index in [9.17, 15) is 18.8 Å². The molecule has 7 nitrogen and oxygen atoms in total. The molecule has 2 aliphatic rings. The van der Waals surface area contributed by atoms with Crippen LogP contribution in [0.2, 0.25) is 0 Å². The standard InChI is InChI=1S/C23H19FN4O3/c24-15-2-4-16-18(11-25-19(16)10-15)13-5-7-28(8-6-13)23(31)14-1-3-17-20(9-14)27-21(29)12-26-22(17)30/h1-5,9-11,25H,6-8,12H2,(H,26,30)(H,27,29). The third-order valence-corrected chi connectivity index (χ3v) is 5.68. The lowest BCUT2D eigenvalue weighted by molar-refractivity contribution is -0.115. The molecule has 2 aromatic carbocycles. The van der Waals surface area contributed by atoms with Crippen molar-refractivity contribution in [3.05, 3.63) is 71.2 Å². The molecule has 3 aromatic rings. The Morgan fingerprint density at radius 1 is 1.06 bits per heavy atom. The average Bonchev–Trinajstić information content (AvgIpc) is 3.13. The highest BCUT2D eigenvalue weighted by molar-refractivity contribution is 6.10. The van der Waals surface area contributed by atoms with Crippen LogP contribution in [0, 0.1) is 5.82 Å². The van der Waals surface area contributed by atoms with Gasteiger partial charge in [0.05, 0.1) is 17.8 Å². The van der Waals surface area contributed by atoms with Crippen LogP contribution >= 0.6 is 0 Å². The van der Waals surface area contributed by atoms with E-state index in [1.54, 1.807) is 29.2 Å². The molecule has 0 bridgehead atoms. The van der Waals surface area contributed by atoms with Crippen LogP contribution in [0.1, 0.15) is 32.7 Å². The molecule has 0 saturated heterocycles. The van der Waals surface area contributed by atoms with E-state index in [1.165, 1.54) is 12.1 Å². The van der Waals surface area contributed by atoms with E-state index in [0.29, 0.717) is 36.3 Å². The van der Waals surface area contributed by atoms with Gasteiger partial charge in [-0.05, 0) is 48.4 Å². The van der Waals surface area contributed by atoms with Crippen molar-refractivity contribution in [3.8, 4) is 0 Å². The number of benzene rings is 2. The summed E-state index contributed by atoms with van der Waals surface area (Å²) in [6.07, 6.45) is 4.54. The number of fused-ring (bicyclic) bond motifs is 2. The molecule has 1 aromatic heterocycles. The van der Waals surface area contributed by atoms with Gasteiger partial charge in [0.25, 0.3) is 11.8 Å². The Bertz CT molecular complexity index is 1280. The number of carbonyl (C=O) groups excluding carboxylic acids is 3. The summed E-state index contributed by atoms with van der Waals surface area (Å²) in [5.74, 6) is -1.14. The molecular formula is C23H19FN4O3. The lowest BCUT2D eigenvalue weighted by atomic mass is 9.98. The normalized spacial score (nSPS) is 16.3. The summed E-state index contributed by atoms with van der Waals surface area (Å²) in [7, 11) is 0. The van der Waals surface area contributed by atoms with Gasteiger partial charge in [0.2, 0.25) is 5.91 Å². The maximum atomic E-state index is 13.4. The molecule has 0 atom stereocenters. The first-order valence-electron chi connectivity index (χ1n) is 9.97. The van der Waals surface area contributed by atoms with Crippen LogP contribution in [0.3, 0.4) is 0 Å². The van der Waals surface area contributed by atoms with E-state index in [0.717, 1.165) is 22.0 Å². The van der Waals surface area contributed by atoms with Gasteiger partial charge in [-0.2, -0.15) is 0 Å². The first kappa shape index (κ1) is 19.0. The Balaban J connectivity index is 1.37. The zero-order valence-electron chi connectivity index (χ0n) is 16.5. The van der Waals surface area contributed by atoms with Crippen LogP contribution in [-0.2, 0) is 4.79 Å². The van der Waals surface area contributed by atoms with Crippen molar-refractivity contribution < 1.29 is 18.8 Å². The quantitative estimate of drug-likeness (QED) is 0.597. The van der Waals surface area contributed by atoms with Gasteiger partial charge < -0.3 is 20.5 Å². The van der Waals surface area contributed by atoms with Crippen molar-refractivity contribution in [2.24, 2.45) is 0 Å². The number of nitrogens with one attached hydrogen (secondary N) is 3. The molecule has 0 radical (unpaired) electrons. The molecule has 3 heterocycles. The van der Waals surface area contributed by atoms with Crippen molar-refractivity contribution in [2.45, 2.75) is 6.42 Å². The number of rotatable bonds is 2. The summed E-state index contributed by atoms with van der Waals surface area (Å²) >= 11 is 0. The number of amides is 3. The monoisotopic (exact) mass is 418 g/mol. The van der Waals surface area contributed by atoms with E-state index >= 15 is 0 Å². The first-order chi connectivity index (χ1) is 15.0. The van der Waals surface area contributed by atoms with Gasteiger partial charge in [0.1, 0.15) is 5.82 Å². The Morgan fingerprint density at radius 3 is 2.74 bits per heavy atom. The Kier molecular flexibility index (Phi) is 4.54. The Morgan fingerprint density at radius 2 is 1.94 bits per heavy atom. The predicted molar refractivity (Wildman–Crippen MR) is 114 cm³/mol. The van der Waals surface area contributed by atoms with E-state index in [1.807, 2.05) is 12.3 Å². The average molecular weight is 418 g/mol. The van der Waals surface area contributed by atoms with Crippen LogP contribution in [0.4, 0.5) is 10.1 Å². The number of hydrogen-bond acceptors (Lipinski definition) is 3. The Labute approximate surface area is 176 Å². The topological polar surface area (TPSA) is 94.3 Å². The number of carbonyl (C=O) groups is 3. The highest BCUT2D eigenvalue weighted by Gasteiger charge is 2.24. The first-order valence-corrected chi connectivity index (χ1v) is 9.97. The maximum Gasteiger partial charge on any atom is 0.254 e. The highest BCUT2D eigenvalue weighted by Crippen LogP contribution is 2.30. The van der Waals surface area contributed by atoms with Gasteiger partial charge in [0.15, 0.2) is 0 Å². The largest absolute Gasteiger partial charge is 0.360 e. The van der Waals surface area contributed by atoms with E-state index in [-0.39, 0.29) is 30.1 Å². The number of aromatic amines is 1. The number of halogens is 1. The van der Waals surface area contributed by atoms with Gasteiger partial charge in [-0.15, -0.1) is 0 Å². The molecule has 8 heteroatoms. The number of anilines is 1. The zero-order valence-corrected chi connectivity index (χ0v) is 16.5. The summed E-state index contributed by atoms with van der Waals surface area (Å²) in [5.41, 5.74) is 3.94. The minimum Gasteiger partial charge on any atom is -0.360 e. The van der Waals surface area contributed by atoms with E-state index < -0.39 is 0 Å². The van der Waals surface area contributed by atoms with Crippen molar-refractivity contribution in [1.82, 2.24) is 15.2 Å². The van der Waals surface area contributed by atoms with E-state index in [4.69, 9.17) is 0 Å². The fourth-order valence-electron chi connectivity index (χ4n) is 4.07. The maximum absolute atomic E-state index is 13.4. The lowest BCUT2D eigenvalue weighted by Crippen LogP contribution is -2.34. The SMILES string of the molecule is O=C1CNC(=O)c2ccc(C(=O)N3CC=C(c4c[nH]c5cc(F)ccc45)CC3)cc2N1. The molecule has 0 saturated carbocycles. The third-order valence-electron chi connectivity index (χ3n) is 5.68. The minimum absolute atomic E-state index is 0.100. The van der Waals surface area contributed by atoms with Gasteiger partial charge in [-0.25, -0.2) is 4.39 Å². The second-order valence-corrected chi connectivity index (χ2v) is 7.61. The molecule has 2 aliphatic heterocycles. The van der Waals surface area contributed by atoms with Crippen molar-refractivity contribution >= 4 is 39.9 Å². The molecule has 156 valence electrons. The molecular weight excluding hydrogens is 399 g/mol. The number of aromatic nitrogens is 1. The summed E-state index contributed by atoms with van der Waals surface area (Å²) in [6.45, 7) is 0.866. The molecule has 0 spiro atoms. The van der Waals surface area contributed by atoms with Gasteiger partial charge in [-0.3, -0.25) is 14.4 Å². The third kappa shape index (κ3) is 3.46. The molecule has 0 unspecified atom stereocenters. The summed E-state index contributed by atoms with van der Waals surface area (Å²) < 4.78 is 13.4. The number of hydrogen-bond donors (Lipinski definition) is 3. The second kappa shape index (κ2) is 7.39. The fourth-order valence-corrected chi connectivity index (χ4v) is 4.07. The van der Waals surface area contributed by atoms with Crippen molar-refractivity contribution in [2.75, 3.05) is 25.0 Å². The highest BCUT2D eigenvalue weighted by atomic mass is 19.1. The van der Waals surface area contributed by atoms with E-state index in [2.05, 4.69) is 15.6 Å². The van der Waals surface area contributed by atoms with Gasteiger partial charge in [-0.1, -0.05) is 6.08 Å². The summed E-state index contributed by atoms with van der Waals surface area (Å²) in [4.78, 5) is 41.7. The summed E-state index contributed by atoms with van der Waals surface area (Å²) in [5, 5.41) is 6.13. The van der Waals surface area contributed by atoms with Gasteiger partial charge in [0, 0.05) is 41.3 Å². The predicted octanol–water partition coefficient (Wildman–Crippen LogP) is 2.92. The fraction of sp³-hybridized carbons (Fsp3) is 0.174. The van der Waals surface area contributed by atoms with Crippen LogP contribution in [0.25, 0.3) is 16.5 Å². The van der Waals surface area contributed by atoms with Crippen molar-refractivity contribution in [3.63, 3.8) is 0 Å². The Hall–Kier alpha value is -3.94. The second-order valence-electron chi connectivity index (χ2n) is 7.61. The lowest BCUT2D eigenvalue weighted by Gasteiger charge is -2.27. The molecule has 5 rings (SSSR count). The molecule has 31 heavy (non-hydrogen) atoms. The van der Waals surface area contributed by atoms with Crippen LogP contribution in [-0.4, -0.2) is 47.2 Å². The smallest absolute Gasteiger partial charge is 0.254 e. The molecule has 0 fully saturated rings. The van der Waals surface area contributed by atoms with Crippen LogP contribution in [0.5, 0.6) is 0 Å².